The molecule has 1 aromatic heterocycles. The molecule has 6 nitrogen and oxygen atoms in total. The zero-order chi connectivity index (χ0) is 15.1. The van der Waals surface area contributed by atoms with Crippen LogP contribution < -0.4 is 11.3 Å². The molecule has 0 saturated carbocycles. The molecule has 0 unspecified atom stereocenters. The van der Waals surface area contributed by atoms with Crippen LogP contribution in [0, 0.1) is 0 Å². The second-order valence-corrected chi connectivity index (χ2v) is 5.91. The largest absolute Gasteiger partial charge is 0.348 e. The third kappa shape index (κ3) is 4.92. The number of thiophene rings is 1. The van der Waals surface area contributed by atoms with Crippen LogP contribution in [-0.2, 0) is 11.3 Å². The van der Waals surface area contributed by atoms with Gasteiger partial charge >= 0.3 is 0 Å². The zero-order valence-corrected chi connectivity index (χ0v) is 13.0. The van der Waals surface area contributed by atoms with E-state index in [1.807, 2.05) is 6.07 Å². The Morgan fingerprint density at radius 2 is 2.05 bits per heavy atom. The molecular weight excluding hydrogens is 276 g/mol. The summed E-state index contributed by atoms with van der Waals surface area (Å²) in [6.45, 7) is 3.97. The summed E-state index contributed by atoms with van der Waals surface area (Å²) in [6, 6.07) is 3.65. The topological polar surface area (TPSA) is 78.7 Å². The van der Waals surface area contributed by atoms with E-state index in [0.29, 0.717) is 18.0 Å². The van der Waals surface area contributed by atoms with E-state index >= 15 is 0 Å². The van der Waals surface area contributed by atoms with Gasteiger partial charge in [0, 0.05) is 25.5 Å². The van der Waals surface area contributed by atoms with Crippen LogP contribution in [0.1, 0.15) is 27.9 Å². The Kier molecular flexibility index (Phi) is 6.63. The summed E-state index contributed by atoms with van der Waals surface area (Å²) >= 11 is 1.40. The van der Waals surface area contributed by atoms with Gasteiger partial charge in [-0.3, -0.25) is 19.9 Å². The number of rotatable bonds is 7. The Morgan fingerprint density at radius 1 is 1.35 bits per heavy atom. The number of amides is 2. The Morgan fingerprint density at radius 3 is 2.60 bits per heavy atom. The number of nitrogens with one attached hydrogen (secondary N) is 1. The van der Waals surface area contributed by atoms with E-state index in [9.17, 15) is 9.59 Å². The second kappa shape index (κ2) is 7.98. The maximum Gasteiger partial charge on any atom is 0.275 e. The standard InChI is InChI=1S/C13H22N4O2S/c1-4-7-17(9-12(18)16(2)3)8-10-5-6-11(20-10)13(19)15-14/h5-6H,4,7-9,14H2,1-3H3,(H,15,19). The fourth-order valence-corrected chi connectivity index (χ4v) is 2.69. The van der Waals surface area contributed by atoms with Crippen LogP contribution in [0.3, 0.4) is 0 Å². The lowest BCUT2D eigenvalue weighted by Gasteiger charge is -2.22. The van der Waals surface area contributed by atoms with Crippen molar-refractivity contribution < 1.29 is 9.59 Å². The number of hydrogen-bond donors (Lipinski definition) is 2. The lowest BCUT2D eigenvalue weighted by molar-refractivity contribution is -0.130. The van der Waals surface area contributed by atoms with Gasteiger partial charge in [-0.15, -0.1) is 11.3 Å². The van der Waals surface area contributed by atoms with E-state index < -0.39 is 0 Å². The predicted octanol–water partition coefficient (Wildman–Crippen LogP) is 0.652. The minimum absolute atomic E-state index is 0.0786. The van der Waals surface area contributed by atoms with E-state index in [4.69, 9.17) is 5.84 Å². The minimum Gasteiger partial charge on any atom is -0.348 e. The molecule has 0 saturated heterocycles. The first-order chi connectivity index (χ1) is 9.47. The molecule has 2 amide bonds. The fourth-order valence-electron chi connectivity index (χ4n) is 1.74. The van der Waals surface area contributed by atoms with Crippen molar-refractivity contribution in [2.24, 2.45) is 5.84 Å². The predicted molar refractivity (Wildman–Crippen MR) is 80.2 cm³/mol. The molecule has 0 spiro atoms. The first-order valence-corrected chi connectivity index (χ1v) is 7.31. The number of hydrogen-bond acceptors (Lipinski definition) is 5. The van der Waals surface area contributed by atoms with Gasteiger partial charge in [-0.2, -0.15) is 0 Å². The van der Waals surface area contributed by atoms with Crippen molar-refractivity contribution in [1.82, 2.24) is 15.2 Å². The maximum atomic E-state index is 11.8. The zero-order valence-electron chi connectivity index (χ0n) is 12.2. The highest BCUT2D eigenvalue weighted by Crippen LogP contribution is 2.18. The number of nitrogens with zero attached hydrogens (tertiary/aromatic N) is 2. The first-order valence-electron chi connectivity index (χ1n) is 6.50. The van der Waals surface area contributed by atoms with Crippen molar-refractivity contribution >= 4 is 23.2 Å². The van der Waals surface area contributed by atoms with Crippen molar-refractivity contribution in [1.29, 1.82) is 0 Å². The first kappa shape index (κ1) is 16.6. The molecule has 1 aromatic rings. The second-order valence-electron chi connectivity index (χ2n) is 4.74. The van der Waals surface area contributed by atoms with Gasteiger partial charge in [0.05, 0.1) is 11.4 Å². The van der Waals surface area contributed by atoms with E-state index in [-0.39, 0.29) is 11.8 Å². The van der Waals surface area contributed by atoms with Gasteiger partial charge in [-0.1, -0.05) is 6.92 Å². The molecular formula is C13H22N4O2S. The number of carbonyl (C=O) groups is 2. The van der Waals surface area contributed by atoms with Crippen LogP contribution in [-0.4, -0.2) is 48.8 Å². The van der Waals surface area contributed by atoms with E-state index in [1.165, 1.54) is 11.3 Å². The highest BCUT2D eigenvalue weighted by Gasteiger charge is 2.14. The van der Waals surface area contributed by atoms with Crippen LogP contribution in [0.4, 0.5) is 0 Å². The third-order valence-corrected chi connectivity index (χ3v) is 3.86. The van der Waals surface area contributed by atoms with Crippen LogP contribution in [0.15, 0.2) is 12.1 Å². The van der Waals surface area contributed by atoms with E-state index in [2.05, 4.69) is 17.2 Å². The Bertz CT molecular complexity index is 459. The summed E-state index contributed by atoms with van der Waals surface area (Å²) in [4.78, 5) is 28.5. The lowest BCUT2D eigenvalue weighted by atomic mass is 10.3. The molecule has 1 heterocycles. The molecule has 0 atom stereocenters. The van der Waals surface area contributed by atoms with Gasteiger partial charge in [0.25, 0.3) is 5.91 Å². The summed E-state index contributed by atoms with van der Waals surface area (Å²) in [5.41, 5.74) is 2.12. The van der Waals surface area contributed by atoms with E-state index in [1.54, 1.807) is 25.1 Å². The average molecular weight is 298 g/mol. The van der Waals surface area contributed by atoms with Crippen molar-refractivity contribution in [2.45, 2.75) is 19.9 Å². The molecule has 0 aliphatic carbocycles. The maximum absolute atomic E-state index is 11.8. The van der Waals surface area contributed by atoms with E-state index in [0.717, 1.165) is 17.8 Å². The molecule has 1 rings (SSSR count). The van der Waals surface area contributed by atoms with Gasteiger partial charge in [-0.05, 0) is 25.1 Å². The summed E-state index contributed by atoms with van der Waals surface area (Å²) in [6.07, 6.45) is 0.974. The normalized spacial score (nSPS) is 10.7. The van der Waals surface area contributed by atoms with Gasteiger partial charge in [0.15, 0.2) is 0 Å². The third-order valence-electron chi connectivity index (χ3n) is 2.79. The lowest BCUT2D eigenvalue weighted by Crippen LogP contribution is -2.36. The van der Waals surface area contributed by atoms with Gasteiger partial charge in [-0.25, -0.2) is 5.84 Å². The van der Waals surface area contributed by atoms with Crippen LogP contribution in [0.25, 0.3) is 0 Å². The smallest absolute Gasteiger partial charge is 0.275 e. The summed E-state index contributed by atoms with van der Waals surface area (Å²) in [7, 11) is 3.50. The average Bonchev–Trinajstić information content (AvgIpc) is 2.86. The number of nitrogen functional groups attached to an aromatic ring is 1. The Labute approximate surface area is 123 Å². The van der Waals surface area contributed by atoms with Gasteiger partial charge in [0.2, 0.25) is 5.91 Å². The van der Waals surface area contributed by atoms with Crippen molar-refractivity contribution in [3.8, 4) is 0 Å². The Balaban J connectivity index is 2.67. The molecule has 112 valence electrons. The molecule has 3 N–H and O–H groups in total. The summed E-state index contributed by atoms with van der Waals surface area (Å²) in [5, 5.41) is 0. The SMILES string of the molecule is CCCN(CC(=O)N(C)C)Cc1ccc(C(=O)NN)s1. The van der Waals surface area contributed by atoms with Crippen LogP contribution in [0.2, 0.25) is 0 Å². The van der Waals surface area contributed by atoms with Crippen LogP contribution in [0.5, 0.6) is 0 Å². The fraction of sp³-hybridized carbons (Fsp3) is 0.538. The van der Waals surface area contributed by atoms with Crippen LogP contribution >= 0.6 is 11.3 Å². The highest BCUT2D eigenvalue weighted by atomic mass is 32.1. The molecule has 0 fully saturated rings. The Hall–Kier alpha value is -1.44. The number of likely N-dealkylation sites (N-methyl/N-ethyl adjacent to an activating group) is 1. The quantitative estimate of drug-likeness (QED) is 0.440. The molecule has 0 aliphatic heterocycles. The van der Waals surface area contributed by atoms with Crippen molar-refractivity contribution in [2.75, 3.05) is 27.2 Å². The molecule has 0 radical (unpaired) electrons. The number of hydrazine groups is 1. The number of nitrogens with two attached hydrogens (primary N) is 1. The number of carbonyl (C=O) groups excluding carboxylic acids is 2. The highest BCUT2D eigenvalue weighted by molar-refractivity contribution is 7.14. The minimum atomic E-state index is -0.285. The molecule has 0 aromatic carbocycles. The molecule has 20 heavy (non-hydrogen) atoms. The molecule has 0 aliphatic rings. The van der Waals surface area contributed by atoms with Gasteiger partial charge < -0.3 is 4.90 Å². The summed E-state index contributed by atoms with van der Waals surface area (Å²) < 4.78 is 0. The summed E-state index contributed by atoms with van der Waals surface area (Å²) in [5.74, 6) is 4.90. The monoisotopic (exact) mass is 298 g/mol. The van der Waals surface area contributed by atoms with Gasteiger partial charge in [0.1, 0.15) is 0 Å². The molecule has 7 heteroatoms. The van der Waals surface area contributed by atoms with Crippen molar-refractivity contribution in [3.63, 3.8) is 0 Å². The van der Waals surface area contributed by atoms with Crippen molar-refractivity contribution in [3.05, 3.63) is 21.9 Å². The molecule has 0 bridgehead atoms.